The van der Waals surface area contributed by atoms with Crippen molar-refractivity contribution in [1.29, 1.82) is 0 Å². The molecule has 5 rings (SSSR count). The lowest BCUT2D eigenvalue weighted by atomic mass is 9.92. The lowest BCUT2D eigenvalue weighted by Crippen LogP contribution is -2.53. The molecule has 3 amide bonds. The van der Waals surface area contributed by atoms with Gasteiger partial charge in [0.25, 0.3) is 11.8 Å². The van der Waals surface area contributed by atoms with Gasteiger partial charge in [0, 0.05) is 13.0 Å². The number of rotatable bonds is 5. The highest BCUT2D eigenvalue weighted by Crippen LogP contribution is 2.40. The molecule has 2 atom stereocenters. The normalized spacial score (nSPS) is 20.0. The lowest BCUT2D eigenvalue weighted by molar-refractivity contribution is -0.138. The Balaban J connectivity index is 1.45. The first-order chi connectivity index (χ1) is 16.5. The van der Waals surface area contributed by atoms with Crippen LogP contribution in [-0.4, -0.2) is 65.3 Å². The van der Waals surface area contributed by atoms with Gasteiger partial charge in [0.05, 0.1) is 30.4 Å². The van der Waals surface area contributed by atoms with Crippen molar-refractivity contribution < 1.29 is 23.9 Å². The van der Waals surface area contributed by atoms with Crippen molar-refractivity contribution in [3.63, 3.8) is 0 Å². The number of carbonyl (C=O) groups excluding carboxylic acids is 3. The minimum atomic E-state index is -0.829. The molecule has 0 unspecified atom stereocenters. The van der Waals surface area contributed by atoms with Crippen LogP contribution < -0.4 is 9.47 Å². The van der Waals surface area contributed by atoms with Gasteiger partial charge in [0.1, 0.15) is 6.04 Å². The number of carbonyl (C=O) groups is 3. The summed E-state index contributed by atoms with van der Waals surface area (Å²) in [5.41, 5.74) is 2.90. The fraction of sp³-hybridized carbons (Fsp3) is 0.423. The van der Waals surface area contributed by atoms with Crippen molar-refractivity contribution in [3.05, 3.63) is 58.7 Å². The minimum absolute atomic E-state index is 0.186. The number of benzene rings is 2. The summed E-state index contributed by atoms with van der Waals surface area (Å²) in [6.07, 6.45) is 3.89. The zero-order valence-corrected chi connectivity index (χ0v) is 20.2. The summed E-state index contributed by atoms with van der Waals surface area (Å²) in [6, 6.07) is 9.76. The molecule has 7 nitrogen and oxygen atoms in total. The Morgan fingerprint density at radius 3 is 2.38 bits per heavy atom. The molecular weight excluding hydrogens is 452 g/mol. The molecule has 0 radical (unpaired) electrons. The van der Waals surface area contributed by atoms with Crippen molar-refractivity contribution >= 4 is 29.5 Å². The summed E-state index contributed by atoms with van der Waals surface area (Å²) in [4.78, 5) is 43.2. The molecule has 0 bridgehead atoms. The molecule has 0 aromatic heterocycles. The van der Waals surface area contributed by atoms with Gasteiger partial charge < -0.3 is 14.4 Å². The molecule has 34 heavy (non-hydrogen) atoms. The van der Waals surface area contributed by atoms with Gasteiger partial charge in [-0.05, 0) is 67.2 Å². The molecule has 3 heterocycles. The van der Waals surface area contributed by atoms with E-state index in [-0.39, 0.29) is 23.8 Å². The monoisotopic (exact) mass is 480 g/mol. The third-order valence-electron chi connectivity index (χ3n) is 6.85. The van der Waals surface area contributed by atoms with E-state index in [0.29, 0.717) is 55.2 Å². The van der Waals surface area contributed by atoms with Crippen LogP contribution in [-0.2, 0) is 11.2 Å². The van der Waals surface area contributed by atoms with E-state index in [0.717, 1.165) is 23.3 Å². The Morgan fingerprint density at radius 2 is 1.74 bits per heavy atom. The largest absolute Gasteiger partial charge is 0.490 e. The molecule has 3 aliphatic rings. The second kappa shape index (κ2) is 9.33. The Morgan fingerprint density at radius 1 is 1.09 bits per heavy atom. The Labute approximate surface area is 203 Å². The molecule has 178 valence electrons. The topological polar surface area (TPSA) is 76.2 Å². The highest BCUT2D eigenvalue weighted by molar-refractivity contribution is 7.98. The number of hydrogen-bond donors (Lipinski definition) is 0. The third-order valence-corrected chi connectivity index (χ3v) is 7.49. The lowest BCUT2D eigenvalue weighted by Gasteiger charge is -2.39. The summed E-state index contributed by atoms with van der Waals surface area (Å²) in [5.74, 6) is 1.17. The van der Waals surface area contributed by atoms with Crippen LogP contribution in [0.25, 0.3) is 0 Å². The second-order valence-corrected chi connectivity index (χ2v) is 9.81. The van der Waals surface area contributed by atoms with Crippen LogP contribution in [0.4, 0.5) is 0 Å². The van der Waals surface area contributed by atoms with Gasteiger partial charge in [-0.1, -0.05) is 12.1 Å². The number of thioether (sulfide) groups is 1. The summed E-state index contributed by atoms with van der Waals surface area (Å²) in [5, 5.41) is 0. The van der Waals surface area contributed by atoms with E-state index in [2.05, 4.69) is 0 Å². The zero-order valence-electron chi connectivity index (χ0n) is 19.4. The van der Waals surface area contributed by atoms with E-state index in [9.17, 15) is 14.4 Å². The zero-order chi connectivity index (χ0) is 23.8. The molecule has 0 aliphatic carbocycles. The molecule has 0 saturated heterocycles. The van der Waals surface area contributed by atoms with Crippen molar-refractivity contribution in [2.24, 2.45) is 0 Å². The molecule has 0 saturated carbocycles. The highest BCUT2D eigenvalue weighted by atomic mass is 32.2. The predicted molar refractivity (Wildman–Crippen MR) is 130 cm³/mol. The first-order valence-corrected chi connectivity index (χ1v) is 13.1. The first-order valence-electron chi connectivity index (χ1n) is 11.7. The average molecular weight is 481 g/mol. The van der Waals surface area contributed by atoms with E-state index in [4.69, 9.17) is 9.47 Å². The smallest absolute Gasteiger partial charge is 0.262 e. The van der Waals surface area contributed by atoms with Crippen molar-refractivity contribution in [1.82, 2.24) is 9.80 Å². The molecule has 0 fully saturated rings. The standard InChI is InChI=1S/C26H28N2O5S/c1-16-20-15-23-22(32-11-5-12-33-23)14-17(20)8-10-27(16)26(31)21(9-13-34-2)28-24(29)18-6-3-4-7-19(18)25(28)30/h3-4,6-7,14-16,21H,5,8-13H2,1-2H3/t16-,21+/m1/s1. The highest BCUT2D eigenvalue weighted by Gasteiger charge is 2.44. The number of hydrogen-bond acceptors (Lipinski definition) is 6. The van der Waals surface area contributed by atoms with E-state index in [1.807, 2.05) is 25.3 Å². The van der Waals surface area contributed by atoms with E-state index < -0.39 is 6.04 Å². The average Bonchev–Trinajstić information content (AvgIpc) is 2.98. The van der Waals surface area contributed by atoms with Crippen LogP contribution in [0.2, 0.25) is 0 Å². The molecule has 2 aromatic carbocycles. The molecule has 3 aliphatic heterocycles. The Hall–Kier alpha value is -3.00. The summed E-state index contributed by atoms with van der Waals surface area (Å²) < 4.78 is 11.7. The molecular formula is C26H28N2O5S. The van der Waals surface area contributed by atoms with Gasteiger partial charge in [0.2, 0.25) is 5.91 Å². The van der Waals surface area contributed by atoms with Crippen LogP contribution in [0, 0.1) is 0 Å². The van der Waals surface area contributed by atoms with E-state index in [1.165, 1.54) is 4.90 Å². The first kappa shape index (κ1) is 22.8. The van der Waals surface area contributed by atoms with Gasteiger partial charge in [-0.3, -0.25) is 19.3 Å². The number of imide groups is 1. The van der Waals surface area contributed by atoms with E-state index in [1.54, 1.807) is 40.9 Å². The summed E-state index contributed by atoms with van der Waals surface area (Å²) >= 11 is 1.60. The maximum Gasteiger partial charge on any atom is 0.262 e. The molecule has 0 spiro atoms. The van der Waals surface area contributed by atoms with Crippen molar-refractivity contribution in [2.75, 3.05) is 31.8 Å². The van der Waals surface area contributed by atoms with Gasteiger partial charge in [-0.15, -0.1) is 0 Å². The summed E-state index contributed by atoms with van der Waals surface area (Å²) in [7, 11) is 0. The van der Waals surface area contributed by atoms with Crippen LogP contribution in [0.15, 0.2) is 36.4 Å². The third kappa shape index (κ3) is 3.83. The van der Waals surface area contributed by atoms with Crippen molar-refractivity contribution in [3.8, 4) is 11.5 Å². The van der Waals surface area contributed by atoms with Crippen LogP contribution in [0.1, 0.15) is 57.7 Å². The minimum Gasteiger partial charge on any atom is -0.490 e. The number of nitrogens with zero attached hydrogens (tertiary/aromatic N) is 2. The van der Waals surface area contributed by atoms with Crippen molar-refractivity contribution in [2.45, 2.75) is 38.3 Å². The number of ether oxygens (including phenoxy) is 2. The van der Waals surface area contributed by atoms with Gasteiger partial charge >= 0.3 is 0 Å². The second-order valence-electron chi connectivity index (χ2n) is 8.83. The van der Waals surface area contributed by atoms with Crippen LogP contribution >= 0.6 is 11.8 Å². The maximum absolute atomic E-state index is 13.9. The number of amides is 3. The number of fused-ring (bicyclic) bond motifs is 3. The molecule has 2 aromatic rings. The SMILES string of the molecule is CSCC[C@@H](C(=O)N1CCc2cc3c(cc2[C@H]1C)OCCCO3)N1C(=O)c2ccccc2C1=O. The van der Waals surface area contributed by atoms with Gasteiger partial charge in [-0.2, -0.15) is 11.8 Å². The quantitative estimate of drug-likeness (QED) is 0.608. The Kier molecular flexibility index (Phi) is 6.25. The van der Waals surface area contributed by atoms with E-state index >= 15 is 0 Å². The van der Waals surface area contributed by atoms with Crippen LogP contribution in [0.3, 0.4) is 0 Å². The van der Waals surface area contributed by atoms with Crippen LogP contribution in [0.5, 0.6) is 11.5 Å². The fourth-order valence-electron chi connectivity index (χ4n) is 5.05. The predicted octanol–water partition coefficient (Wildman–Crippen LogP) is 3.71. The maximum atomic E-state index is 13.9. The Bertz CT molecular complexity index is 1120. The molecule has 8 heteroatoms. The molecule has 0 N–H and O–H groups in total. The fourth-order valence-corrected chi connectivity index (χ4v) is 5.51. The summed E-state index contributed by atoms with van der Waals surface area (Å²) in [6.45, 7) is 3.74. The van der Waals surface area contributed by atoms with Gasteiger partial charge in [0.15, 0.2) is 11.5 Å². The van der Waals surface area contributed by atoms with Gasteiger partial charge in [-0.25, -0.2) is 0 Å².